The van der Waals surface area contributed by atoms with Gasteiger partial charge in [0.2, 0.25) is 11.8 Å². The van der Waals surface area contributed by atoms with Crippen molar-refractivity contribution < 1.29 is 14.3 Å². The fourth-order valence-electron chi connectivity index (χ4n) is 3.74. The van der Waals surface area contributed by atoms with Crippen molar-refractivity contribution in [1.29, 1.82) is 0 Å². The highest BCUT2D eigenvalue weighted by Crippen LogP contribution is 2.22. The number of fused-ring (bicyclic) bond motifs is 1. The molecule has 1 fully saturated rings. The van der Waals surface area contributed by atoms with Crippen LogP contribution < -0.4 is 10.6 Å². The Morgan fingerprint density at radius 2 is 1.93 bits per heavy atom. The summed E-state index contributed by atoms with van der Waals surface area (Å²) in [6.45, 7) is 3.09. The molecule has 2 heterocycles. The summed E-state index contributed by atoms with van der Waals surface area (Å²) in [6.07, 6.45) is 1.23. The maximum absolute atomic E-state index is 12.7. The van der Waals surface area contributed by atoms with Crippen LogP contribution in [0.15, 0.2) is 54.6 Å². The minimum absolute atomic E-state index is 0.110. The first-order chi connectivity index (χ1) is 14.6. The van der Waals surface area contributed by atoms with E-state index in [-0.39, 0.29) is 24.4 Å². The Morgan fingerprint density at radius 3 is 2.70 bits per heavy atom. The zero-order valence-corrected chi connectivity index (χ0v) is 17.0. The number of hydrogen-bond acceptors (Lipinski definition) is 4. The molecule has 2 N–H and O–H groups in total. The Balaban J connectivity index is 1.51. The second-order valence-electron chi connectivity index (χ2n) is 7.54. The minimum Gasteiger partial charge on any atom is -0.368 e. The molecule has 0 bridgehead atoms. The largest absolute Gasteiger partial charge is 0.368 e. The van der Waals surface area contributed by atoms with Gasteiger partial charge in [0, 0.05) is 13.2 Å². The molecule has 2 atom stereocenters. The molecule has 3 aromatic rings. The van der Waals surface area contributed by atoms with E-state index in [1.807, 2.05) is 66.1 Å². The second-order valence-corrected chi connectivity index (χ2v) is 7.54. The first-order valence-electron chi connectivity index (χ1n) is 10.3. The highest BCUT2D eigenvalue weighted by Gasteiger charge is 2.27. The van der Waals surface area contributed by atoms with Crippen LogP contribution in [0.3, 0.4) is 0 Å². The first-order valence-corrected chi connectivity index (χ1v) is 10.3. The third-order valence-electron chi connectivity index (χ3n) is 5.29. The molecule has 7 heteroatoms. The Bertz CT molecular complexity index is 1030. The average molecular weight is 406 g/mol. The molecular formula is C23H26N4O3. The lowest BCUT2D eigenvalue weighted by Crippen LogP contribution is -2.37. The number of nitrogens with zero attached hydrogens (tertiary/aromatic N) is 2. The Kier molecular flexibility index (Phi) is 6.09. The number of amides is 2. The molecule has 1 aromatic heterocycles. The van der Waals surface area contributed by atoms with Gasteiger partial charge < -0.3 is 19.9 Å². The third-order valence-corrected chi connectivity index (χ3v) is 5.29. The number of rotatable bonds is 7. The lowest BCUT2D eigenvalue weighted by Gasteiger charge is -2.18. The van der Waals surface area contributed by atoms with Crippen LogP contribution in [-0.2, 0) is 27.4 Å². The van der Waals surface area contributed by atoms with Crippen molar-refractivity contribution in [2.45, 2.75) is 45.0 Å². The SMILES string of the molecule is CC(NC(=O)C1CCCO1)c1nc2ccccc2n1CC(=O)NCc1ccccc1. The van der Waals surface area contributed by atoms with E-state index in [1.54, 1.807) is 0 Å². The van der Waals surface area contributed by atoms with Crippen LogP contribution in [0.1, 0.15) is 37.2 Å². The van der Waals surface area contributed by atoms with Crippen molar-refractivity contribution in [1.82, 2.24) is 20.2 Å². The molecule has 0 radical (unpaired) electrons. The fourth-order valence-corrected chi connectivity index (χ4v) is 3.74. The molecule has 1 saturated heterocycles. The zero-order valence-electron chi connectivity index (χ0n) is 17.0. The van der Waals surface area contributed by atoms with E-state index in [1.165, 1.54) is 0 Å². The van der Waals surface area contributed by atoms with Crippen LogP contribution in [0.25, 0.3) is 11.0 Å². The number of hydrogen-bond donors (Lipinski definition) is 2. The standard InChI is InChI=1S/C23H26N4O3/c1-16(25-23(29)20-12-7-13-30-20)22-26-18-10-5-6-11-19(18)27(22)15-21(28)24-14-17-8-3-2-4-9-17/h2-6,8-11,16,20H,7,12-15H2,1H3,(H,24,28)(H,25,29). The van der Waals surface area contributed by atoms with E-state index in [0.717, 1.165) is 29.4 Å². The summed E-state index contributed by atoms with van der Waals surface area (Å²) in [7, 11) is 0. The van der Waals surface area contributed by atoms with Crippen molar-refractivity contribution in [3.63, 3.8) is 0 Å². The molecule has 2 amide bonds. The van der Waals surface area contributed by atoms with Crippen molar-refractivity contribution in [2.24, 2.45) is 0 Å². The molecule has 7 nitrogen and oxygen atoms in total. The average Bonchev–Trinajstić information content (AvgIpc) is 3.42. The number of aromatic nitrogens is 2. The van der Waals surface area contributed by atoms with Crippen molar-refractivity contribution in [2.75, 3.05) is 6.61 Å². The number of imidazole rings is 1. The summed E-state index contributed by atoms with van der Waals surface area (Å²) >= 11 is 0. The highest BCUT2D eigenvalue weighted by molar-refractivity contribution is 5.83. The molecule has 0 saturated carbocycles. The molecule has 1 aliphatic rings. The summed E-state index contributed by atoms with van der Waals surface area (Å²) < 4.78 is 7.35. The van der Waals surface area contributed by atoms with Crippen LogP contribution >= 0.6 is 0 Å². The van der Waals surface area contributed by atoms with Crippen LogP contribution in [0.4, 0.5) is 0 Å². The summed E-state index contributed by atoms with van der Waals surface area (Å²) in [5.74, 6) is 0.408. The lowest BCUT2D eigenvalue weighted by atomic mass is 10.2. The molecule has 30 heavy (non-hydrogen) atoms. The Morgan fingerprint density at radius 1 is 1.17 bits per heavy atom. The predicted molar refractivity (Wildman–Crippen MR) is 114 cm³/mol. The molecular weight excluding hydrogens is 380 g/mol. The van der Waals surface area contributed by atoms with Crippen molar-refractivity contribution in [3.8, 4) is 0 Å². The monoisotopic (exact) mass is 406 g/mol. The van der Waals surface area contributed by atoms with Gasteiger partial charge in [-0.05, 0) is 37.5 Å². The molecule has 156 valence electrons. The van der Waals surface area contributed by atoms with Crippen molar-refractivity contribution >= 4 is 22.8 Å². The van der Waals surface area contributed by atoms with Gasteiger partial charge in [0.25, 0.3) is 0 Å². The van der Waals surface area contributed by atoms with Gasteiger partial charge in [-0.15, -0.1) is 0 Å². The molecule has 4 rings (SSSR count). The summed E-state index contributed by atoms with van der Waals surface area (Å²) in [6, 6.07) is 17.1. The van der Waals surface area contributed by atoms with Gasteiger partial charge in [0.05, 0.1) is 17.1 Å². The summed E-state index contributed by atoms with van der Waals surface area (Å²) in [5, 5.41) is 5.95. The Hall–Kier alpha value is -3.19. The van der Waals surface area contributed by atoms with Gasteiger partial charge in [-0.25, -0.2) is 4.98 Å². The van der Waals surface area contributed by atoms with E-state index in [0.29, 0.717) is 19.0 Å². The smallest absolute Gasteiger partial charge is 0.249 e. The number of ether oxygens (including phenoxy) is 1. The molecule has 0 spiro atoms. The molecule has 1 aliphatic heterocycles. The van der Waals surface area contributed by atoms with E-state index in [4.69, 9.17) is 9.72 Å². The minimum atomic E-state index is -0.403. The van der Waals surface area contributed by atoms with E-state index >= 15 is 0 Å². The number of nitrogens with one attached hydrogen (secondary N) is 2. The highest BCUT2D eigenvalue weighted by atomic mass is 16.5. The zero-order chi connectivity index (χ0) is 20.9. The normalized spacial score (nSPS) is 17.0. The van der Waals surface area contributed by atoms with Gasteiger partial charge in [0.1, 0.15) is 18.5 Å². The summed E-state index contributed by atoms with van der Waals surface area (Å²) in [4.78, 5) is 29.8. The van der Waals surface area contributed by atoms with Gasteiger partial charge in [-0.2, -0.15) is 0 Å². The second kappa shape index (κ2) is 9.09. The maximum atomic E-state index is 12.7. The van der Waals surface area contributed by atoms with E-state index in [2.05, 4.69) is 10.6 Å². The van der Waals surface area contributed by atoms with Crippen LogP contribution in [-0.4, -0.2) is 34.1 Å². The number of carbonyl (C=O) groups is 2. The molecule has 2 aromatic carbocycles. The topological polar surface area (TPSA) is 85.2 Å². The number of para-hydroxylation sites is 2. The van der Waals surface area contributed by atoms with Gasteiger partial charge in [-0.3, -0.25) is 9.59 Å². The third kappa shape index (κ3) is 4.52. The fraction of sp³-hybridized carbons (Fsp3) is 0.348. The quantitative estimate of drug-likeness (QED) is 0.632. The van der Waals surface area contributed by atoms with Gasteiger partial charge in [-0.1, -0.05) is 42.5 Å². The Labute approximate surface area is 175 Å². The molecule has 0 aliphatic carbocycles. The van der Waals surface area contributed by atoms with Crippen LogP contribution in [0.5, 0.6) is 0 Å². The molecule has 2 unspecified atom stereocenters. The van der Waals surface area contributed by atoms with Crippen LogP contribution in [0.2, 0.25) is 0 Å². The predicted octanol–water partition coefficient (Wildman–Crippen LogP) is 2.71. The van der Waals surface area contributed by atoms with Gasteiger partial charge >= 0.3 is 0 Å². The van der Waals surface area contributed by atoms with E-state index < -0.39 is 6.10 Å². The summed E-state index contributed by atoms with van der Waals surface area (Å²) in [5.41, 5.74) is 2.70. The maximum Gasteiger partial charge on any atom is 0.249 e. The van der Waals surface area contributed by atoms with Gasteiger partial charge in [0.15, 0.2) is 0 Å². The number of carbonyl (C=O) groups excluding carboxylic acids is 2. The lowest BCUT2D eigenvalue weighted by molar-refractivity contribution is -0.130. The van der Waals surface area contributed by atoms with E-state index in [9.17, 15) is 9.59 Å². The van der Waals surface area contributed by atoms with Crippen molar-refractivity contribution in [3.05, 3.63) is 66.0 Å². The van der Waals surface area contributed by atoms with Crippen LogP contribution in [0, 0.1) is 0 Å². The first kappa shape index (κ1) is 20.1. The number of benzene rings is 2.